The second-order valence-corrected chi connectivity index (χ2v) is 4.03. The Morgan fingerprint density at radius 1 is 1.55 bits per heavy atom. The Morgan fingerprint density at radius 2 is 2.27 bits per heavy atom. The van der Waals surface area contributed by atoms with E-state index in [4.69, 9.17) is 4.74 Å². The molecule has 1 aromatic rings. The highest BCUT2D eigenvalue weighted by molar-refractivity contribution is 14.1. The molecule has 1 rings (SSSR count). The molecule has 0 spiro atoms. The van der Waals surface area contributed by atoms with Gasteiger partial charge in [-0.3, -0.25) is 0 Å². The molecular formula is C6H8I2N2O. The lowest BCUT2D eigenvalue weighted by Gasteiger charge is -1.94. The maximum absolute atomic E-state index is 5.19. The number of imidazole rings is 1. The standard InChI is InChI=1S/C6H8I2N2O/c1-2-11-3-4-9-5(7)6(8)10-4/h2-3H2,1H3,(H,9,10). The lowest BCUT2D eigenvalue weighted by molar-refractivity contribution is 0.128. The number of halogens is 2. The van der Waals surface area contributed by atoms with Gasteiger partial charge in [0.05, 0.1) is 0 Å². The summed E-state index contributed by atoms with van der Waals surface area (Å²) in [5, 5.41) is 0. The molecule has 0 unspecified atom stereocenters. The fourth-order valence-electron chi connectivity index (χ4n) is 0.641. The monoisotopic (exact) mass is 378 g/mol. The number of nitrogens with one attached hydrogen (secondary N) is 1. The van der Waals surface area contributed by atoms with Crippen molar-refractivity contribution in [1.82, 2.24) is 9.97 Å². The molecule has 0 atom stereocenters. The highest BCUT2D eigenvalue weighted by Gasteiger charge is 2.03. The van der Waals surface area contributed by atoms with Crippen molar-refractivity contribution in [2.75, 3.05) is 6.61 Å². The van der Waals surface area contributed by atoms with Crippen LogP contribution in [0.15, 0.2) is 0 Å². The minimum absolute atomic E-state index is 0.579. The average molecular weight is 378 g/mol. The average Bonchev–Trinajstić information content (AvgIpc) is 2.28. The van der Waals surface area contributed by atoms with Crippen molar-refractivity contribution in [3.8, 4) is 0 Å². The first-order valence-corrected chi connectivity index (χ1v) is 5.37. The molecule has 5 heteroatoms. The van der Waals surface area contributed by atoms with E-state index in [0.717, 1.165) is 19.8 Å². The summed E-state index contributed by atoms with van der Waals surface area (Å²) in [6.45, 7) is 3.28. The van der Waals surface area contributed by atoms with Crippen LogP contribution in [0, 0.1) is 7.40 Å². The summed E-state index contributed by atoms with van der Waals surface area (Å²) in [6.07, 6.45) is 0. The number of nitrogens with zero attached hydrogens (tertiary/aromatic N) is 1. The molecule has 0 aliphatic carbocycles. The lowest BCUT2D eigenvalue weighted by atomic mass is 10.7. The van der Waals surface area contributed by atoms with Crippen molar-refractivity contribution in [2.45, 2.75) is 13.5 Å². The Kier molecular flexibility index (Phi) is 4.07. The molecule has 62 valence electrons. The summed E-state index contributed by atoms with van der Waals surface area (Å²) >= 11 is 4.41. The van der Waals surface area contributed by atoms with Crippen LogP contribution in [0.4, 0.5) is 0 Å². The van der Waals surface area contributed by atoms with E-state index in [0.29, 0.717) is 6.61 Å². The Bertz CT molecular complexity index is 217. The van der Waals surface area contributed by atoms with Gasteiger partial charge >= 0.3 is 0 Å². The van der Waals surface area contributed by atoms with E-state index in [1.54, 1.807) is 0 Å². The van der Waals surface area contributed by atoms with E-state index in [-0.39, 0.29) is 0 Å². The van der Waals surface area contributed by atoms with Crippen molar-refractivity contribution in [3.05, 3.63) is 13.2 Å². The lowest BCUT2D eigenvalue weighted by Crippen LogP contribution is -1.93. The Hall–Kier alpha value is 0.630. The van der Waals surface area contributed by atoms with Gasteiger partial charge in [-0.15, -0.1) is 0 Å². The van der Waals surface area contributed by atoms with Gasteiger partial charge in [0.1, 0.15) is 19.8 Å². The van der Waals surface area contributed by atoms with E-state index >= 15 is 0 Å². The summed E-state index contributed by atoms with van der Waals surface area (Å²) in [5.41, 5.74) is 0. The molecule has 0 aliphatic rings. The SMILES string of the molecule is CCOCc1nc(I)c(I)[nH]1. The van der Waals surface area contributed by atoms with Gasteiger partial charge < -0.3 is 9.72 Å². The van der Waals surface area contributed by atoms with Crippen LogP contribution in [-0.2, 0) is 11.3 Å². The van der Waals surface area contributed by atoms with Crippen LogP contribution < -0.4 is 0 Å². The molecule has 11 heavy (non-hydrogen) atoms. The first-order chi connectivity index (χ1) is 5.24. The van der Waals surface area contributed by atoms with Crippen LogP contribution in [0.5, 0.6) is 0 Å². The fourth-order valence-corrected chi connectivity index (χ4v) is 1.50. The second-order valence-electron chi connectivity index (χ2n) is 1.93. The minimum Gasteiger partial charge on any atom is -0.374 e. The molecule has 3 nitrogen and oxygen atoms in total. The number of aromatic nitrogens is 2. The molecule has 0 aliphatic heterocycles. The predicted octanol–water partition coefficient (Wildman–Crippen LogP) is 2.16. The fraction of sp³-hybridized carbons (Fsp3) is 0.500. The van der Waals surface area contributed by atoms with Gasteiger partial charge in [-0.1, -0.05) is 0 Å². The van der Waals surface area contributed by atoms with Crippen molar-refractivity contribution in [3.63, 3.8) is 0 Å². The quantitative estimate of drug-likeness (QED) is 0.820. The number of aromatic amines is 1. The zero-order chi connectivity index (χ0) is 8.27. The number of hydrogen-bond donors (Lipinski definition) is 1. The maximum Gasteiger partial charge on any atom is 0.134 e. The molecule has 0 saturated carbocycles. The van der Waals surface area contributed by atoms with Gasteiger partial charge in [-0.25, -0.2) is 4.98 Å². The minimum atomic E-state index is 0.579. The van der Waals surface area contributed by atoms with Gasteiger partial charge in [0, 0.05) is 6.61 Å². The van der Waals surface area contributed by atoms with Gasteiger partial charge in [-0.05, 0) is 52.1 Å². The second kappa shape index (κ2) is 4.61. The van der Waals surface area contributed by atoms with Gasteiger partial charge in [0.25, 0.3) is 0 Å². The summed E-state index contributed by atoms with van der Waals surface area (Å²) in [5.74, 6) is 0.903. The first kappa shape index (κ1) is 9.72. The van der Waals surface area contributed by atoms with Crippen LogP contribution >= 0.6 is 45.2 Å². The smallest absolute Gasteiger partial charge is 0.134 e. The third kappa shape index (κ3) is 2.86. The van der Waals surface area contributed by atoms with E-state index < -0.39 is 0 Å². The molecule has 1 aromatic heterocycles. The summed E-state index contributed by atoms with van der Waals surface area (Å²) in [7, 11) is 0. The van der Waals surface area contributed by atoms with Crippen molar-refractivity contribution in [1.29, 1.82) is 0 Å². The van der Waals surface area contributed by atoms with E-state index in [1.165, 1.54) is 0 Å². The third-order valence-corrected chi connectivity index (χ3v) is 3.70. The zero-order valence-electron chi connectivity index (χ0n) is 6.03. The van der Waals surface area contributed by atoms with Gasteiger partial charge in [0.15, 0.2) is 0 Å². The van der Waals surface area contributed by atoms with Crippen LogP contribution in [0.3, 0.4) is 0 Å². The topological polar surface area (TPSA) is 37.9 Å². The normalized spacial score (nSPS) is 10.5. The van der Waals surface area contributed by atoms with E-state index in [9.17, 15) is 0 Å². The largest absolute Gasteiger partial charge is 0.374 e. The third-order valence-electron chi connectivity index (χ3n) is 1.11. The predicted molar refractivity (Wildman–Crippen MR) is 59.4 cm³/mol. The van der Waals surface area contributed by atoms with Crippen molar-refractivity contribution >= 4 is 45.2 Å². The number of hydrogen-bond acceptors (Lipinski definition) is 2. The first-order valence-electron chi connectivity index (χ1n) is 3.21. The summed E-state index contributed by atoms with van der Waals surface area (Å²) in [4.78, 5) is 7.37. The van der Waals surface area contributed by atoms with Crippen LogP contribution in [0.1, 0.15) is 12.7 Å². The van der Waals surface area contributed by atoms with Gasteiger partial charge in [0.2, 0.25) is 0 Å². The summed E-state index contributed by atoms with van der Waals surface area (Å²) < 4.78 is 7.28. The van der Waals surface area contributed by atoms with Crippen LogP contribution in [0.25, 0.3) is 0 Å². The molecule has 1 N–H and O–H groups in total. The van der Waals surface area contributed by atoms with E-state index in [1.807, 2.05) is 6.92 Å². The Morgan fingerprint density at radius 3 is 2.73 bits per heavy atom. The Balaban J connectivity index is 2.58. The molecule has 0 aromatic carbocycles. The molecule has 0 radical (unpaired) electrons. The maximum atomic E-state index is 5.19. The highest BCUT2D eigenvalue weighted by atomic mass is 127. The van der Waals surface area contributed by atoms with Gasteiger partial charge in [-0.2, -0.15) is 0 Å². The summed E-state index contributed by atoms with van der Waals surface area (Å²) in [6, 6.07) is 0. The molecule has 1 heterocycles. The zero-order valence-corrected chi connectivity index (χ0v) is 10.3. The number of ether oxygens (including phenoxy) is 1. The van der Waals surface area contributed by atoms with Crippen molar-refractivity contribution < 1.29 is 4.74 Å². The molecule has 0 amide bonds. The molecule has 0 saturated heterocycles. The van der Waals surface area contributed by atoms with Crippen LogP contribution in [0.2, 0.25) is 0 Å². The van der Waals surface area contributed by atoms with E-state index in [2.05, 4.69) is 55.1 Å². The molecule has 0 fully saturated rings. The molecular weight excluding hydrogens is 370 g/mol. The molecule has 0 bridgehead atoms. The van der Waals surface area contributed by atoms with Crippen molar-refractivity contribution in [2.24, 2.45) is 0 Å². The van der Waals surface area contributed by atoms with Crippen LogP contribution in [-0.4, -0.2) is 16.6 Å². The number of H-pyrrole nitrogens is 1. The highest BCUT2D eigenvalue weighted by Crippen LogP contribution is 2.11. The number of rotatable bonds is 3. The Labute approximate surface area is 92.6 Å².